The van der Waals surface area contributed by atoms with Crippen molar-refractivity contribution >= 4 is 22.5 Å². The Morgan fingerprint density at radius 3 is 2.12 bits per heavy atom. The first kappa shape index (κ1) is 17.5. The minimum absolute atomic E-state index is 0.325. The van der Waals surface area contributed by atoms with Crippen molar-refractivity contribution in [3.8, 4) is 11.5 Å². The second-order valence-corrected chi connectivity index (χ2v) is 5.56. The zero-order valence-electron chi connectivity index (χ0n) is 14.5. The van der Waals surface area contributed by atoms with Crippen LogP contribution in [0.3, 0.4) is 0 Å². The predicted molar refractivity (Wildman–Crippen MR) is 98.1 cm³/mol. The van der Waals surface area contributed by atoms with Gasteiger partial charge < -0.3 is 14.2 Å². The van der Waals surface area contributed by atoms with Crippen LogP contribution in [0, 0.1) is 0 Å². The number of methoxy groups -OCH3 is 2. The highest BCUT2D eigenvalue weighted by molar-refractivity contribution is 6.07. The average Bonchev–Trinajstić information content (AvgIpc) is 2.70. The van der Waals surface area contributed by atoms with E-state index in [1.807, 2.05) is 24.3 Å². The molecular formula is C21H18O5. The van der Waals surface area contributed by atoms with E-state index >= 15 is 0 Å². The molecular weight excluding hydrogens is 332 g/mol. The van der Waals surface area contributed by atoms with Gasteiger partial charge in [-0.3, -0.25) is 4.79 Å². The van der Waals surface area contributed by atoms with Crippen molar-refractivity contribution in [1.82, 2.24) is 0 Å². The van der Waals surface area contributed by atoms with E-state index in [0.29, 0.717) is 28.0 Å². The lowest BCUT2D eigenvalue weighted by molar-refractivity contribution is 0.0476. The van der Waals surface area contributed by atoms with Crippen molar-refractivity contribution in [2.24, 2.45) is 0 Å². The molecule has 0 spiro atoms. The van der Waals surface area contributed by atoms with Gasteiger partial charge in [0.1, 0.15) is 11.5 Å². The van der Waals surface area contributed by atoms with Crippen LogP contribution in [-0.4, -0.2) is 32.6 Å². The Kier molecular flexibility index (Phi) is 5.17. The maximum Gasteiger partial charge on any atom is 0.339 e. The van der Waals surface area contributed by atoms with Gasteiger partial charge in [0, 0.05) is 5.39 Å². The van der Waals surface area contributed by atoms with E-state index in [0.717, 1.165) is 5.39 Å². The fourth-order valence-electron chi connectivity index (χ4n) is 2.79. The number of rotatable bonds is 6. The number of Topliss-reactive ketones (excluding diaryl/α,β-unsaturated/α-hetero) is 1. The lowest BCUT2D eigenvalue weighted by Crippen LogP contribution is -2.15. The van der Waals surface area contributed by atoms with Crippen LogP contribution >= 0.6 is 0 Å². The third-order valence-electron chi connectivity index (χ3n) is 4.07. The molecule has 0 fully saturated rings. The molecule has 26 heavy (non-hydrogen) atoms. The van der Waals surface area contributed by atoms with Gasteiger partial charge in [-0.25, -0.2) is 4.79 Å². The van der Waals surface area contributed by atoms with Crippen LogP contribution in [0.1, 0.15) is 20.7 Å². The molecule has 0 N–H and O–H groups in total. The quantitative estimate of drug-likeness (QED) is 0.498. The first-order chi connectivity index (χ1) is 12.7. The van der Waals surface area contributed by atoms with Crippen LogP contribution < -0.4 is 9.47 Å². The summed E-state index contributed by atoms with van der Waals surface area (Å²) in [6.45, 7) is -0.362. The third kappa shape index (κ3) is 3.37. The minimum atomic E-state index is -0.563. The standard InChI is InChI=1S/C21H18O5/c1-24-19-10-6-5-9-17(19)18(22)13-26-21(23)16-11-12-20(25-2)15-8-4-3-7-14(15)16/h3-12H,13H2,1-2H3. The van der Waals surface area contributed by atoms with Crippen molar-refractivity contribution in [2.75, 3.05) is 20.8 Å². The number of fused-ring (bicyclic) bond motifs is 1. The summed E-state index contributed by atoms with van der Waals surface area (Å²) < 4.78 is 15.7. The Morgan fingerprint density at radius 1 is 0.731 bits per heavy atom. The van der Waals surface area contributed by atoms with Gasteiger partial charge in [0.2, 0.25) is 5.78 Å². The lowest BCUT2D eigenvalue weighted by Gasteiger charge is -2.11. The molecule has 0 unspecified atom stereocenters. The second kappa shape index (κ2) is 7.70. The molecule has 5 heteroatoms. The van der Waals surface area contributed by atoms with Crippen molar-refractivity contribution in [3.63, 3.8) is 0 Å². The molecule has 0 aromatic heterocycles. The molecule has 5 nitrogen and oxygen atoms in total. The maximum atomic E-state index is 12.5. The van der Waals surface area contributed by atoms with Gasteiger partial charge in [-0.05, 0) is 29.7 Å². The molecule has 0 aliphatic heterocycles. The summed E-state index contributed by atoms with van der Waals surface area (Å²) >= 11 is 0. The summed E-state index contributed by atoms with van der Waals surface area (Å²) in [5.41, 5.74) is 0.761. The minimum Gasteiger partial charge on any atom is -0.496 e. The molecule has 0 saturated carbocycles. The van der Waals surface area contributed by atoms with Crippen LogP contribution in [0.2, 0.25) is 0 Å². The van der Waals surface area contributed by atoms with Crippen LogP contribution in [0.15, 0.2) is 60.7 Å². The predicted octanol–water partition coefficient (Wildman–Crippen LogP) is 3.90. The van der Waals surface area contributed by atoms with E-state index in [-0.39, 0.29) is 12.4 Å². The number of ketones is 1. The first-order valence-electron chi connectivity index (χ1n) is 8.04. The van der Waals surface area contributed by atoms with E-state index < -0.39 is 5.97 Å². The first-order valence-corrected chi connectivity index (χ1v) is 8.04. The second-order valence-electron chi connectivity index (χ2n) is 5.56. The summed E-state index contributed by atoms with van der Waals surface area (Å²) in [4.78, 5) is 24.8. The molecule has 0 bridgehead atoms. The van der Waals surface area contributed by atoms with Crippen LogP contribution in [0.25, 0.3) is 10.8 Å². The molecule has 3 aromatic carbocycles. The third-order valence-corrected chi connectivity index (χ3v) is 4.07. The van der Waals surface area contributed by atoms with Gasteiger partial charge in [0.15, 0.2) is 6.61 Å². The Morgan fingerprint density at radius 2 is 1.38 bits per heavy atom. The number of carbonyl (C=O) groups excluding carboxylic acids is 2. The smallest absolute Gasteiger partial charge is 0.339 e. The monoisotopic (exact) mass is 350 g/mol. The molecule has 0 heterocycles. The van der Waals surface area contributed by atoms with E-state index in [9.17, 15) is 9.59 Å². The summed E-state index contributed by atoms with van der Waals surface area (Å²) in [6.07, 6.45) is 0. The van der Waals surface area contributed by atoms with Crippen molar-refractivity contribution in [1.29, 1.82) is 0 Å². The summed E-state index contributed by atoms with van der Waals surface area (Å²) in [5, 5.41) is 1.52. The van der Waals surface area contributed by atoms with Gasteiger partial charge in [-0.1, -0.05) is 36.4 Å². The molecule has 0 amide bonds. The van der Waals surface area contributed by atoms with E-state index in [4.69, 9.17) is 14.2 Å². The maximum absolute atomic E-state index is 12.5. The van der Waals surface area contributed by atoms with Gasteiger partial charge in [-0.2, -0.15) is 0 Å². The lowest BCUT2D eigenvalue weighted by atomic mass is 10.0. The highest BCUT2D eigenvalue weighted by Gasteiger charge is 2.17. The number of ether oxygens (including phenoxy) is 3. The summed E-state index contributed by atoms with van der Waals surface area (Å²) in [7, 11) is 3.06. The number of hydrogen-bond donors (Lipinski definition) is 0. The Labute approximate surface area is 151 Å². The number of para-hydroxylation sites is 1. The normalized spacial score (nSPS) is 10.4. The fourth-order valence-corrected chi connectivity index (χ4v) is 2.79. The summed E-state index contributed by atoms with van der Waals surface area (Å²) in [5.74, 6) is 0.228. The zero-order valence-corrected chi connectivity index (χ0v) is 14.5. The Bertz CT molecular complexity index is 962. The van der Waals surface area contributed by atoms with E-state index in [1.165, 1.54) is 7.11 Å². The highest BCUT2D eigenvalue weighted by Crippen LogP contribution is 2.28. The van der Waals surface area contributed by atoms with Gasteiger partial charge in [-0.15, -0.1) is 0 Å². The topological polar surface area (TPSA) is 61.8 Å². The van der Waals surface area contributed by atoms with Crippen LogP contribution in [0.5, 0.6) is 11.5 Å². The molecule has 0 aliphatic rings. The largest absolute Gasteiger partial charge is 0.496 e. The van der Waals surface area contributed by atoms with E-state index in [2.05, 4.69) is 0 Å². The summed E-state index contributed by atoms with van der Waals surface area (Å²) in [6, 6.07) is 17.5. The van der Waals surface area contributed by atoms with Crippen molar-refractivity contribution in [2.45, 2.75) is 0 Å². The number of benzene rings is 3. The highest BCUT2D eigenvalue weighted by atomic mass is 16.5. The average molecular weight is 350 g/mol. The number of carbonyl (C=O) groups is 2. The molecule has 0 radical (unpaired) electrons. The van der Waals surface area contributed by atoms with Crippen molar-refractivity contribution < 1.29 is 23.8 Å². The molecule has 0 aliphatic carbocycles. The zero-order chi connectivity index (χ0) is 18.5. The fraction of sp³-hybridized carbons (Fsp3) is 0.143. The molecule has 132 valence electrons. The molecule has 3 rings (SSSR count). The Balaban J connectivity index is 1.81. The van der Waals surface area contributed by atoms with Gasteiger partial charge in [0.05, 0.1) is 25.3 Å². The van der Waals surface area contributed by atoms with Gasteiger partial charge in [0.25, 0.3) is 0 Å². The number of hydrogen-bond acceptors (Lipinski definition) is 5. The SMILES string of the molecule is COc1ccccc1C(=O)COC(=O)c1ccc(OC)c2ccccc12. The van der Waals surface area contributed by atoms with Crippen LogP contribution in [0.4, 0.5) is 0 Å². The molecule has 3 aromatic rings. The van der Waals surface area contributed by atoms with E-state index in [1.54, 1.807) is 43.5 Å². The molecule has 0 atom stereocenters. The van der Waals surface area contributed by atoms with Gasteiger partial charge >= 0.3 is 5.97 Å². The Hall–Kier alpha value is -3.34. The molecule has 0 saturated heterocycles. The number of esters is 1. The van der Waals surface area contributed by atoms with Crippen LogP contribution in [-0.2, 0) is 4.74 Å². The van der Waals surface area contributed by atoms with Crippen molar-refractivity contribution in [3.05, 3.63) is 71.8 Å².